The zero-order valence-electron chi connectivity index (χ0n) is 9.27. The van der Waals surface area contributed by atoms with Gasteiger partial charge in [-0.25, -0.2) is 0 Å². The third kappa shape index (κ3) is 2.83. The van der Waals surface area contributed by atoms with Crippen molar-refractivity contribution in [3.8, 4) is 0 Å². The van der Waals surface area contributed by atoms with E-state index >= 15 is 0 Å². The van der Waals surface area contributed by atoms with E-state index in [1.807, 2.05) is 54.6 Å². The summed E-state index contributed by atoms with van der Waals surface area (Å²) in [6.45, 7) is 0. The molecule has 0 aliphatic carbocycles. The lowest BCUT2D eigenvalue weighted by Crippen LogP contribution is -2.12. The van der Waals surface area contributed by atoms with Crippen molar-refractivity contribution >= 4 is 17.2 Å². The Morgan fingerprint density at radius 2 is 1.53 bits per heavy atom. The fraction of sp³-hybridized carbons (Fsp3) is 0. The van der Waals surface area contributed by atoms with E-state index in [9.17, 15) is 0 Å². The standard InChI is InChI=1S/C13H14N4/c14-13(16-11-4-2-1-3-5-11)10-6-8-12(17-15)9-7-10/h1-9,17H,15H2,(H2,14,16). The SMILES string of the molecule is N=C(Nc1ccccc1)c1ccc(NN)cc1. The van der Waals surface area contributed by atoms with Gasteiger partial charge in [-0.3, -0.25) is 11.3 Å². The Morgan fingerprint density at radius 1 is 0.882 bits per heavy atom. The molecule has 2 aromatic rings. The van der Waals surface area contributed by atoms with Gasteiger partial charge in [-0.1, -0.05) is 18.2 Å². The first kappa shape index (κ1) is 11.2. The van der Waals surface area contributed by atoms with Crippen LogP contribution in [0, 0.1) is 5.41 Å². The van der Waals surface area contributed by atoms with E-state index in [-0.39, 0.29) is 0 Å². The van der Waals surface area contributed by atoms with Crippen molar-refractivity contribution in [2.75, 3.05) is 10.7 Å². The van der Waals surface area contributed by atoms with Crippen LogP contribution in [-0.2, 0) is 0 Å². The smallest absolute Gasteiger partial charge is 0.129 e. The molecule has 0 aliphatic heterocycles. The second-order valence-corrected chi connectivity index (χ2v) is 3.59. The van der Waals surface area contributed by atoms with Gasteiger partial charge in [0.05, 0.1) is 0 Å². The van der Waals surface area contributed by atoms with Gasteiger partial charge in [0.2, 0.25) is 0 Å². The predicted octanol–water partition coefficient (Wildman–Crippen LogP) is 2.41. The average molecular weight is 226 g/mol. The van der Waals surface area contributed by atoms with Crippen molar-refractivity contribution in [1.29, 1.82) is 5.41 Å². The van der Waals surface area contributed by atoms with Crippen LogP contribution in [-0.4, -0.2) is 5.84 Å². The second-order valence-electron chi connectivity index (χ2n) is 3.59. The number of anilines is 2. The molecule has 0 aliphatic rings. The highest BCUT2D eigenvalue weighted by molar-refractivity contribution is 6.06. The number of nitrogens with two attached hydrogens (primary N) is 1. The van der Waals surface area contributed by atoms with Gasteiger partial charge in [0.15, 0.2) is 0 Å². The van der Waals surface area contributed by atoms with Gasteiger partial charge >= 0.3 is 0 Å². The quantitative estimate of drug-likeness (QED) is 0.281. The summed E-state index contributed by atoms with van der Waals surface area (Å²) in [7, 11) is 0. The summed E-state index contributed by atoms with van der Waals surface area (Å²) in [6.07, 6.45) is 0. The van der Waals surface area contributed by atoms with Crippen LogP contribution in [0.5, 0.6) is 0 Å². The molecule has 0 unspecified atom stereocenters. The number of para-hydroxylation sites is 1. The van der Waals surface area contributed by atoms with Gasteiger partial charge in [-0.05, 0) is 36.4 Å². The Labute approximate surface area is 99.9 Å². The fourth-order valence-electron chi connectivity index (χ4n) is 1.47. The van der Waals surface area contributed by atoms with E-state index in [0.717, 1.165) is 16.9 Å². The minimum absolute atomic E-state index is 0.361. The molecule has 4 nitrogen and oxygen atoms in total. The Balaban J connectivity index is 2.09. The van der Waals surface area contributed by atoms with E-state index < -0.39 is 0 Å². The summed E-state index contributed by atoms with van der Waals surface area (Å²) in [4.78, 5) is 0. The van der Waals surface area contributed by atoms with Crippen molar-refractivity contribution in [3.63, 3.8) is 0 Å². The summed E-state index contributed by atoms with van der Waals surface area (Å²) < 4.78 is 0. The van der Waals surface area contributed by atoms with E-state index in [1.165, 1.54) is 0 Å². The number of hydrogen-bond acceptors (Lipinski definition) is 3. The fourth-order valence-corrected chi connectivity index (χ4v) is 1.47. The van der Waals surface area contributed by atoms with Crippen LogP contribution in [0.4, 0.5) is 11.4 Å². The molecule has 5 N–H and O–H groups in total. The summed E-state index contributed by atoms with van der Waals surface area (Å²) in [5, 5.41) is 11.0. The number of nitrogens with one attached hydrogen (secondary N) is 3. The molecule has 17 heavy (non-hydrogen) atoms. The Bertz CT molecular complexity index is 491. The molecule has 0 aromatic heterocycles. The molecule has 0 atom stereocenters. The molecule has 0 saturated heterocycles. The molecular formula is C13H14N4. The van der Waals surface area contributed by atoms with Crippen molar-refractivity contribution in [3.05, 3.63) is 60.2 Å². The molecule has 0 radical (unpaired) electrons. The molecule has 0 heterocycles. The van der Waals surface area contributed by atoms with Crippen molar-refractivity contribution < 1.29 is 0 Å². The van der Waals surface area contributed by atoms with Crippen LogP contribution in [0.15, 0.2) is 54.6 Å². The lowest BCUT2D eigenvalue weighted by Gasteiger charge is -2.08. The lowest BCUT2D eigenvalue weighted by atomic mass is 10.2. The Kier molecular flexibility index (Phi) is 3.37. The molecule has 0 fully saturated rings. The maximum atomic E-state index is 7.93. The van der Waals surface area contributed by atoms with Gasteiger partial charge < -0.3 is 10.7 Å². The van der Waals surface area contributed by atoms with Crippen molar-refractivity contribution in [1.82, 2.24) is 0 Å². The molecule has 0 amide bonds. The Hall–Kier alpha value is -2.33. The molecule has 2 aromatic carbocycles. The van der Waals surface area contributed by atoms with Crippen LogP contribution in [0.3, 0.4) is 0 Å². The highest BCUT2D eigenvalue weighted by atomic mass is 15.2. The number of amidine groups is 1. The second kappa shape index (κ2) is 5.14. The third-order valence-corrected chi connectivity index (χ3v) is 2.38. The topological polar surface area (TPSA) is 73.9 Å². The maximum absolute atomic E-state index is 7.93. The number of hydrazine groups is 1. The molecule has 86 valence electrons. The monoisotopic (exact) mass is 226 g/mol. The van der Waals surface area contributed by atoms with Gasteiger partial charge in [-0.2, -0.15) is 0 Å². The van der Waals surface area contributed by atoms with E-state index in [4.69, 9.17) is 11.3 Å². The summed E-state index contributed by atoms with van der Waals surface area (Å²) >= 11 is 0. The van der Waals surface area contributed by atoms with E-state index in [2.05, 4.69) is 10.7 Å². The van der Waals surface area contributed by atoms with Crippen LogP contribution < -0.4 is 16.6 Å². The largest absolute Gasteiger partial charge is 0.340 e. The number of hydrogen-bond donors (Lipinski definition) is 4. The van der Waals surface area contributed by atoms with Gasteiger partial charge in [0.25, 0.3) is 0 Å². The molecular weight excluding hydrogens is 212 g/mol. The highest BCUT2D eigenvalue weighted by Gasteiger charge is 2.01. The van der Waals surface area contributed by atoms with Crippen LogP contribution in [0.2, 0.25) is 0 Å². The normalized spacial score (nSPS) is 9.71. The van der Waals surface area contributed by atoms with Crippen molar-refractivity contribution in [2.45, 2.75) is 0 Å². The third-order valence-electron chi connectivity index (χ3n) is 2.38. The van der Waals surface area contributed by atoms with Crippen LogP contribution >= 0.6 is 0 Å². The van der Waals surface area contributed by atoms with E-state index in [1.54, 1.807) is 0 Å². The summed E-state index contributed by atoms with van der Waals surface area (Å²) in [5.74, 6) is 5.64. The zero-order valence-corrected chi connectivity index (χ0v) is 9.27. The number of nitrogen functional groups attached to an aromatic ring is 1. The molecule has 0 spiro atoms. The summed E-state index contributed by atoms with van der Waals surface area (Å²) in [6, 6.07) is 17.0. The van der Waals surface area contributed by atoms with Crippen LogP contribution in [0.25, 0.3) is 0 Å². The molecule has 2 rings (SSSR count). The first-order chi connectivity index (χ1) is 8.29. The molecule has 0 bridgehead atoms. The number of benzene rings is 2. The van der Waals surface area contributed by atoms with E-state index in [0.29, 0.717) is 5.84 Å². The van der Waals surface area contributed by atoms with Gasteiger partial charge in [-0.15, -0.1) is 0 Å². The molecule has 4 heteroatoms. The van der Waals surface area contributed by atoms with Crippen molar-refractivity contribution in [2.24, 2.45) is 5.84 Å². The lowest BCUT2D eigenvalue weighted by molar-refractivity contribution is 1.35. The Morgan fingerprint density at radius 3 is 2.12 bits per heavy atom. The predicted molar refractivity (Wildman–Crippen MR) is 71.1 cm³/mol. The zero-order chi connectivity index (χ0) is 12.1. The minimum Gasteiger partial charge on any atom is -0.340 e. The maximum Gasteiger partial charge on any atom is 0.129 e. The first-order valence-corrected chi connectivity index (χ1v) is 5.27. The van der Waals surface area contributed by atoms with Gasteiger partial charge in [0, 0.05) is 16.9 Å². The molecule has 0 saturated carbocycles. The first-order valence-electron chi connectivity index (χ1n) is 5.27. The summed E-state index contributed by atoms with van der Waals surface area (Å²) in [5.41, 5.74) is 5.09. The van der Waals surface area contributed by atoms with Crippen LogP contribution in [0.1, 0.15) is 5.56 Å². The minimum atomic E-state index is 0.361. The van der Waals surface area contributed by atoms with Gasteiger partial charge in [0.1, 0.15) is 5.84 Å². The number of rotatable bonds is 3. The highest BCUT2D eigenvalue weighted by Crippen LogP contribution is 2.11. The average Bonchev–Trinajstić information content (AvgIpc) is 2.40.